The number of benzene rings is 1. The van der Waals surface area contributed by atoms with Gasteiger partial charge in [0.2, 0.25) is 0 Å². The van der Waals surface area contributed by atoms with Gasteiger partial charge in [-0.1, -0.05) is 42.4 Å². The molecule has 1 aliphatic heterocycles. The number of aryl methyl sites for hydroxylation is 1. The van der Waals surface area contributed by atoms with E-state index in [-0.39, 0.29) is 44.8 Å². The predicted octanol–water partition coefficient (Wildman–Crippen LogP) is 6.25. The minimum atomic E-state index is -0.360. The summed E-state index contributed by atoms with van der Waals surface area (Å²) in [6.45, 7) is 12.6. The monoisotopic (exact) mass is 461 g/mol. The third kappa shape index (κ3) is 3.01. The molecule has 2 heterocycles. The van der Waals surface area contributed by atoms with E-state index >= 15 is 0 Å². The highest BCUT2D eigenvalue weighted by atomic mass is 16.6. The van der Waals surface area contributed by atoms with E-state index in [0.717, 1.165) is 12.0 Å². The molecular weight excluding hydrogens is 430 g/mol. The Hall–Kier alpha value is -2.99. The first-order chi connectivity index (χ1) is 16.0. The van der Waals surface area contributed by atoms with E-state index < -0.39 is 0 Å². The maximum absolute atomic E-state index is 12.8. The molecule has 1 spiro atoms. The fraction of sp³-hybridized carbons (Fsp3) is 0.464. The molecule has 34 heavy (non-hydrogen) atoms. The second-order valence-electron chi connectivity index (χ2n) is 10.7. The zero-order chi connectivity index (χ0) is 24.6. The van der Waals surface area contributed by atoms with E-state index in [0.29, 0.717) is 29.3 Å². The van der Waals surface area contributed by atoms with Crippen molar-refractivity contribution in [1.82, 2.24) is 0 Å². The molecule has 2 aromatic rings. The van der Waals surface area contributed by atoms with Crippen molar-refractivity contribution < 1.29 is 14.1 Å². The van der Waals surface area contributed by atoms with Gasteiger partial charge in [-0.05, 0) is 52.5 Å². The molecule has 2 aliphatic carbocycles. The summed E-state index contributed by atoms with van der Waals surface area (Å²) in [6, 6.07) is 7.00. The van der Waals surface area contributed by atoms with Gasteiger partial charge in [-0.15, -0.1) is 0 Å². The molecule has 178 valence electrons. The lowest BCUT2D eigenvalue weighted by atomic mass is 9.35. The Labute approximate surface area is 199 Å². The SMILES string of the molecule is CC1=C[C@@]2(C)[C@@H](C(C)=C1)[C@@]1(CO[C@@H](c3oc(C)c(C)c(=O)c3C)C1)[C@H]2c1ccc([N+](=O)[O-])cc1. The van der Waals surface area contributed by atoms with Crippen LogP contribution in [0.1, 0.15) is 67.4 Å². The number of ether oxygens (including phenoxy) is 1. The minimum Gasteiger partial charge on any atom is -0.463 e. The van der Waals surface area contributed by atoms with Gasteiger partial charge >= 0.3 is 0 Å². The standard InChI is InChI=1S/C28H31NO5/c1-15-11-16(2)25-27(6,12-15)26(20-7-9-21(10-8-20)29(31)32)28(25)13-22(33-14-28)24-18(4)23(30)17(3)19(5)34-24/h7-12,22,25-26H,13-14H2,1-6H3/t22-,25-,26+,27+,28-/m1/s1. The largest absolute Gasteiger partial charge is 0.463 e. The first kappa shape index (κ1) is 22.8. The lowest BCUT2D eigenvalue weighted by molar-refractivity contribution is -0.384. The van der Waals surface area contributed by atoms with Gasteiger partial charge in [0.05, 0.1) is 11.5 Å². The third-order valence-corrected chi connectivity index (χ3v) is 8.53. The summed E-state index contributed by atoms with van der Waals surface area (Å²) in [4.78, 5) is 23.6. The summed E-state index contributed by atoms with van der Waals surface area (Å²) in [5, 5.41) is 11.2. The van der Waals surface area contributed by atoms with Crippen molar-refractivity contribution in [3.8, 4) is 0 Å². The molecule has 1 saturated heterocycles. The van der Waals surface area contributed by atoms with Gasteiger partial charge in [-0.2, -0.15) is 0 Å². The molecule has 5 rings (SSSR count). The van der Waals surface area contributed by atoms with Crippen molar-refractivity contribution in [3.63, 3.8) is 0 Å². The van der Waals surface area contributed by atoms with Crippen LogP contribution in [0, 0.1) is 47.6 Å². The number of hydrogen-bond donors (Lipinski definition) is 0. The molecule has 3 aliphatic rings. The number of allylic oxidation sites excluding steroid dienone is 4. The molecule has 0 bridgehead atoms. The number of rotatable bonds is 3. The summed E-state index contributed by atoms with van der Waals surface area (Å²) in [5.41, 5.74) is 4.73. The second-order valence-corrected chi connectivity index (χ2v) is 10.7. The van der Waals surface area contributed by atoms with Crippen molar-refractivity contribution in [2.75, 3.05) is 6.61 Å². The molecule has 0 radical (unpaired) electrons. The number of hydrogen-bond acceptors (Lipinski definition) is 5. The first-order valence-electron chi connectivity index (χ1n) is 11.8. The van der Waals surface area contributed by atoms with Crippen LogP contribution in [-0.2, 0) is 4.74 Å². The van der Waals surface area contributed by atoms with Crippen LogP contribution in [-0.4, -0.2) is 11.5 Å². The van der Waals surface area contributed by atoms with E-state index in [1.165, 1.54) is 11.1 Å². The zero-order valence-electron chi connectivity index (χ0n) is 20.6. The van der Waals surface area contributed by atoms with Crippen molar-refractivity contribution in [1.29, 1.82) is 0 Å². The number of nitrogens with zero attached hydrogens (tertiary/aromatic N) is 1. The minimum absolute atomic E-state index is 0.0148. The van der Waals surface area contributed by atoms with E-state index in [2.05, 4.69) is 32.9 Å². The van der Waals surface area contributed by atoms with Gasteiger partial charge < -0.3 is 9.15 Å². The van der Waals surface area contributed by atoms with Crippen LogP contribution in [0.3, 0.4) is 0 Å². The van der Waals surface area contributed by atoms with Gasteiger partial charge in [-0.25, -0.2) is 0 Å². The molecule has 1 aromatic carbocycles. The molecule has 0 unspecified atom stereocenters. The zero-order valence-corrected chi connectivity index (χ0v) is 20.6. The lowest BCUT2D eigenvalue weighted by Crippen LogP contribution is -2.62. The fourth-order valence-electron chi connectivity index (χ4n) is 7.51. The topological polar surface area (TPSA) is 82.6 Å². The second kappa shape index (κ2) is 7.51. The predicted molar refractivity (Wildman–Crippen MR) is 130 cm³/mol. The highest BCUT2D eigenvalue weighted by Gasteiger charge is 2.71. The molecule has 1 saturated carbocycles. The Morgan fingerprint density at radius 3 is 2.35 bits per heavy atom. The Balaban J connectivity index is 1.60. The maximum atomic E-state index is 12.8. The molecule has 5 atom stereocenters. The number of non-ortho nitro benzene ring substituents is 1. The van der Waals surface area contributed by atoms with Crippen molar-refractivity contribution in [2.45, 2.75) is 60.0 Å². The summed E-state index contributed by atoms with van der Waals surface area (Å²) in [6.07, 6.45) is 5.06. The normalized spacial score (nSPS) is 32.1. The van der Waals surface area contributed by atoms with E-state index in [1.54, 1.807) is 19.1 Å². The van der Waals surface area contributed by atoms with Gasteiger partial charge in [0, 0.05) is 40.0 Å². The van der Waals surface area contributed by atoms with Gasteiger partial charge in [0.15, 0.2) is 5.43 Å². The van der Waals surface area contributed by atoms with Crippen LogP contribution in [0.2, 0.25) is 0 Å². The number of nitro benzene ring substituents is 1. The fourth-order valence-corrected chi connectivity index (χ4v) is 7.51. The molecule has 0 amide bonds. The molecule has 6 nitrogen and oxygen atoms in total. The molecule has 1 aromatic heterocycles. The molecule has 0 N–H and O–H groups in total. The summed E-state index contributed by atoms with van der Waals surface area (Å²) >= 11 is 0. The van der Waals surface area contributed by atoms with Crippen molar-refractivity contribution in [2.24, 2.45) is 16.7 Å². The summed E-state index contributed by atoms with van der Waals surface area (Å²) in [5.74, 6) is 1.68. The number of nitro groups is 1. The van der Waals surface area contributed by atoms with Crippen LogP contribution < -0.4 is 5.43 Å². The van der Waals surface area contributed by atoms with Crippen LogP contribution in [0.25, 0.3) is 0 Å². The average molecular weight is 462 g/mol. The smallest absolute Gasteiger partial charge is 0.269 e. The van der Waals surface area contributed by atoms with Crippen LogP contribution in [0.4, 0.5) is 5.69 Å². The molecule has 6 heteroatoms. The quantitative estimate of drug-likeness (QED) is 0.399. The maximum Gasteiger partial charge on any atom is 0.269 e. The Morgan fingerprint density at radius 2 is 1.71 bits per heavy atom. The first-order valence-corrected chi connectivity index (χ1v) is 11.8. The number of fused-ring (bicyclic) bond motifs is 2. The highest BCUT2D eigenvalue weighted by molar-refractivity contribution is 5.48. The summed E-state index contributed by atoms with van der Waals surface area (Å²) < 4.78 is 12.5. The summed E-state index contributed by atoms with van der Waals surface area (Å²) in [7, 11) is 0. The van der Waals surface area contributed by atoms with E-state index in [1.807, 2.05) is 26.0 Å². The van der Waals surface area contributed by atoms with E-state index in [4.69, 9.17) is 9.15 Å². The van der Waals surface area contributed by atoms with Crippen LogP contribution in [0.5, 0.6) is 0 Å². The average Bonchev–Trinajstić information content (AvgIpc) is 3.20. The lowest BCUT2D eigenvalue weighted by Gasteiger charge is -2.67. The molecule has 2 fully saturated rings. The Bertz CT molecular complexity index is 1320. The van der Waals surface area contributed by atoms with Gasteiger partial charge in [0.25, 0.3) is 5.69 Å². The Kier molecular flexibility index (Phi) is 5.03. The van der Waals surface area contributed by atoms with Crippen molar-refractivity contribution in [3.05, 3.63) is 96.1 Å². The van der Waals surface area contributed by atoms with Crippen molar-refractivity contribution >= 4 is 5.69 Å². The highest BCUT2D eigenvalue weighted by Crippen LogP contribution is 2.76. The van der Waals surface area contributed by atoms with Gasteiger partial charge in [0.1, 0.15) is 17.6 Å². The molecular formula is C28H31NO5. The van der Waals surface area contributed by atoms with Gasteiger partial charge in [-0.3, -0.25) is 14.9 Å². The Morgan fingerprint density at radius 1 is 1.03 bits per heavy atom. The third-order valence-electron chi connectivity index (χ3n) is 8.53. The van der Waals surface area contributed by atoms with Crippen LogP contribution in [0.15, 0.2) is 56.8 Å². The van der Waals surface area contributed by atoms with E-state index in [9.17, 15) is 14.9 Å². The van der Waals surface area contributed by atoms with Crippen LogP contribution >= 0.6 is 0 Å².